The number of likely N-dealkylation sites (tertiary alicyclic amines) is 1. The Balaban J connectivity index is 1.70. The number of amides is 1. The Kier molecular flexibility index (Phi) is 10.6. The number of nitrogens with zero attached hydrogens (tertiary/aromatic N) is 4. The molecule has 2 unspecified atom stereocenters. The van der Waals surface area contributed by atoms with Crippen molar-refractivity contribution in [2.24, 2.45) is 0 Å². The molecule has 1 fully saturated rings. The zero-order chi connectivity index (χ0) is 25.2. The van der Waals surface area contributed by atoms with Crippen molar-refractivity contribution in [2.45, 2.75) is 64.3 Å². The number of benzene rings is 1. The second-order valence-electron chi connectivity index (χ2n) is 10.1. The number of carbonyl (C=O) groups excluding carboxylic acids is 1. The van der Waals surface area contributed by atoms with Crippen molar-refractivity contribution >= 4 is 5.91 Å². The number of oxazole rings is 1. The first-order valence-electron chi connectivity index (χ1n) is 13.1. The van der Waals surface area contributed by atoms with Gasteiger partial charge in [-0.2, -0.15) is 0 Å². The van der Waals surface area contributed by atoms with Crippen molar-refractivity contribution in [3.63, 3.8) is 0 Å². The zero-order valence-corrected chi connectivity index (χ0v) is 22.3. The Morgan fingerprint density at radius 2 is 2.03 bits per heavy atom. The highest BCUT2D eigenvalue weighted by atomic mass is 16.5. The van der Waals surface area contributed by atoms with Gasteiger partial charge in [0, 0.05) is 32.1 Å². The minimum atomic E-state index is 0.255. The Hall–Kier alpha value is -2.38. The molecule has 1 aromatic carbocycles. The number of carbonyl (C=O) groups is 1. The van der Waals surface area contributed by atoms with Gasteiger partial charge < -0.3 is 19.0 Å². The fourth-order valence-corrected chi connectivity index (χ4v) is 5.10. The Labute approximate surface area is 211 Å². The average Bonchev–Trinajstić information content (AvgIpc) is 3.49. The number of rotatable bonds is 14. The van der Waals surface area contributed by atoms with Crippen LogP contribution >= 0.6 is 0 Å². The van der Waals surface area contributed by atoms with E-state index in [0.717, 1.165) is 81.9 Å². The fraction of sp³-hybridized carbons (Fsp3) is 0.643. The molecule has 0 aliphatic carbocycles. The van der Waals surface area contributed by atoms with Crippen LogP contribution in [0, 0.1) is 6.92 Å². The van der Waals surface area contributed by atoms with E-state index in [1.807, 2.05) is 0 Å². The normalized spacial score (nSPS) is 18.3. The van der Waals surface area contributed by atoms with Gasteiger partial charge in [-0.1, -0.05) is 25.5 Å². The molecular formula is C28H44N4O3. The van der Waals surface area contributed by atoms with Gasteiger partial charge in [0.15, 0.2) is 5.89 Å². The fourth-order valence-electron chi connectivity index (χ4n) is 5.10. The highest BCUT2D eigenvalue weighted by Crippen LogP contribution is 2.35. The van der Waals surface area contributed by atoms with Gasteiger partial charge in [0.05, 0.1) is 19.9 Å². The van der Waals surface area contributed by atoms with E-state index >= 15 is 0 Å². The van der Waals surface area contributed by atoms with E-state index in [2.05, 4.69) is 65.8 Å². The molecule has 7 nitrogen and oxygen atoms in total. The van der Waals surface area contributed by atoms with Crippen molar-refractivity contribution in [3.05, 3.63) is 47.7 Å². The van der Waals surface area contributed by atoms with Gasteiger partial charge in [0.2, 0.25) is 5.91 Å². The largest absolute Gasteiger partial charge is 0.496 e. The first-order valence-corrected chi connectivity index (χ1v) is 13.1. The molecule has 2 atom stereocenters. The van der Waals surface area contributed by atoms with Crippen molar-refractivity contribution in [3.8, 4) is 5.75 Å². The van der Waals surface area contributed by atoms with Crippen LogP contribution in [0.5, 0.6) is 5.75 Å². The van der Waals surface area contributed by atoms with E-state index in [-0.39, 0.29) is 5.91 Å². The average molecular weight is 485 g/mol. The molecule has 1 aromatic heterocycles. The molecule has 194 valence electrons. The molecule has 2 aromatic rings. The maximum absolute atomic E-state index is 13.5. The van der Waals surface area contributed by atoms with Crippen LogP contribution in [-0.2, 0) is 11.2 Å². The van der Waals surface area contributed by atoms with E-state index in [4.69, 9.17) is 9.15 Å². The molecule has 35 heavy (non-hydrogen) atoms. The smallest absolute Gasteiger partial charge is 0.236 e. The van der Waals surface area contributed by atoms with Crippen LogP contribution in [0.1, 0.15) is 62.0 Å². The summed E-state index contributed by atoms with van der Waals surface area (Å²) < 4.78 is 10.9. The topological polar surface area (TPSA) is 62.0 Å². The van der Waals surface area contributed by atoms with Gasteiger partial charge in [0.25, 0.3) is 0 Å². The van der Waals surface area contributed by atoms with Crippen molar-refractivity contribution < 1.29 is 13.9 Å². The third-order valence-corrected chi connectivity index (χ3v) is 7.10. The van der Waals surface area contributed by atoms with E-state index in [1.54, 1.807) is 19.6 Å². The second-order valence-corrected chi connectivity index (χ2v) is 10.1. The maximum atomic E-state index is 13.5. The van der Waals surface area contributed by atoms with Crippen LogP contribution in [0.3, 0.4) is 0 Å². The van der Waals surface area contributed by atoms with E-state index < -0.39 is 0 Å². The minimum absolute atomic E-state index is 0.255. The summed E-state index contributed by atoms with van der Waals surface area (Å²) in [6.07, 6.45) is 9.25. The predicted octanol–water partition coefficient (Wildman–Crippen LogP) is 4.36. The number of ether oxygens (including phenoxy) is 1. The predicted molar refractivity (Wildman–Crippen MR) is 140 cm³/mol. The van der Waals surface area contributed by atoms with E-state index in [1.165, 1.54) is 5.56 Å². The summed E-state index contributed by atoms with van der Waals surface area (Å²) in [5.74, 6) is 2.35. The summed E-state index contributed by atoms with van der Waals surface area (Å²) in [6.45, 7) is 8.32. The molecule has 0 saturated carbocycles. The van der Waals surface area contributed by atoms with Crippen LogP contribution in [0.2, 0.25) is 0 Å². The monoisotopic (exact) mass is 484 g/mol. The third-order valence-electron chi connectivity index (χ3n) is 7.10. The number of aromatic nitrogens is 1. The van der Waals surface area contributed by atoms with Gasteiger partial charge >= 0.3 is 0 Å². The lowest BCUT2D eigenvalue weighted by molar-refractivity contribution is -0.132. The Morgan fingerprint density at radius 1 is 1.23 bits per heavy atom. The Bertz CT molecular complexity index is 900. The van der Waals surface area contributed by atoms with Crippen LogP contribution in [-0.4, -0.2) is 85.6 Å². The lowest BCUT2D eigenvalue weighted by Crippen LogP contribution is -2.43. The summed E-state index contributed by atoms with van der Waals surface area (Å²) in [6, 6.07) is 6.82. The van der Waals surface area contributed by atoms with Crippen molar-refractivity contribution in [1.82, 2.24) is 19.7 Å². The molecule has 7 heteroatoms. The number of methoxy groups -OCH3 is 1. The zero-order valence-electron chi connectivity index (χ0n) is 22.3. The standard InChI is InChI=1S/C28H44N4O3/c1-6-7-15-31(16-8-14-30(3)4)28(33)21-32-20-24(23-9-11-26(34-5)22(2)18-23)19-25(32)10-12-27-29-13-17-35-27/h9,11,13,17-18,24-25H,6-8,10,12,14-16,19-21H2,1-5H3. The van der Waals surface area contributed by atoms with E-state index in [9.17, 15) is 4.79 Å². The van der Waals surface area contributed by atoms with Gasteiger partial charge in [-0.15, -0.1) is 0 Å². The van der Waals surface area contributed by atoms with Crippen LogP contribution in [0.25, 0.3) is 0 Å². The molecule has 1 aliphatic rings. The molecule has 1 saturated heterocycles. The van der Waals surface area contributed by atoms with Gasteiger partial charge in [-0.05, 0) is 76.4 Å². The molecule has 0 N–H and O–H groups in total. The molecule has 0 bridgehead atoms. The van der Waals surface area contributed by atoms with Crippen LogP contribution < -0.4 is 4.74 Å². The number of unbranched alkanes of at least 4 members (excludes halogenated alkanes) is 1. The van der Waals surface area contributed by atoms with Gasteiger partial charge in [0.1, 0.15) is 12.0 Å². The maximum Gasteiger partial charge on any atom is 0.236 e. The van der Waals surface area contributed by atoms with Crippen LogP contribution in [0.15, 0.2) is 35.1 Å². The van der Waals surface area contributed by atoms with Gasteiger partial charge in [-0.3, -0.25) is 9.69 Å². The third kappa shape index (κ3) is 8.07. The highest BCUT2D eigenvalue weighted by Gasteiger charge is 2.35. The molecular weight excluding hydrogens is 440 g/mol. The van der Waals surface area contributed by atoms with Crippen molar-refractivity contribution in [1.29, 1.82) is 0 Å². The molecule has 0 spiro atoms. The first-order chi connectivity index (χ1) is 16.9. The summed E-state index contributed by atoms with van der Waals surface area (Å²) in [5.41, 5.74) is 2.48. The molecule has 0 radical (unpaired) electrons. The molecule has 1 aliphatic heterocycles. The number of hydrogen-bond acceptors (Lipinski definition) is 6. The number of aryl methyl sites for hydroxylation is 2. The molecule has 1 amide bonds. The van der Waals surface area contributed by atoms with Gasteiger partial charge in [-0.25, -0.2) is 4.98 Å². The SMILES string of the molecule is CCCCN(CCCN(C)C)C(=O)CN1CC(c2ccc(OC)c(C)c2)CC1CCc1ncco1. The summed E-state index contributed by atoms with van der Waals surface area (Å²) in [4.78, 5) is 24.4. The lowest BCUT2D eigenvalue weighted by Gasteiger charge is -2.29. The summed E-state index contributed by atoms with van der Waals surface area (Å²) >= 11 is 0. The number of hydrogen-bond donors (Lipinski definition) is 0. The highest BCUT2D eigenvalue weighted by molar-refractivity contribution is 5.78. The minimum Gasteiger partial charge on any atom is -0.496 e. The Morgan fingerprint density at radius 3 is 2.69 bits per heavy atom. The van der Waals surface area contributed by atoms with E-state index in [0.29, 0.717) is 18.5 Å². The molecule has 2 heterocycles. The summed E-state index contributed by atoms with van der Waals surface area (Å²) in [5, 5.41) is 0. The second kappa shape index (κ2) is 13.6. The quantitative estimate of drug-likeness (QED) is 0.397. The summed E-state index contributed by atoms with van der Waals surface area (Å²) in [7, 11) is 5.89. The lowest BCUT2D eigenvalue weighted by atomic mass is 9.93. The first kappa shape index (κ1) is 27.2. The van der Waals surface area contributed by atoms with Crippen molar-refractivity contribution in [2.75, 3.05) is 53.9 Å². The molecule has 3 rings (SSSR count). The van der Waals surface area contributed by atoms with Crippen LogP contribution in [0.4, 0.5) is 0 Å².